The van der Waals surface area contributed by atoms with Crippen molar-refractivity contribution in [1.82, 2.24) is 0 Å². The van der Waals surface area contributed by atoms with E-state index in [1.54, 1.807) is 0 Å². The molecular formula is C28H44N2. The van der Waals surface area contributed by atoms with Gasteiger partial charge in [0.1, 0.15) is 0 Å². The third-order valence-electron chi connectivity index (χ3n) is 5.82. The highest BCUT2D eigenvalue weighted by atomic mass is 14.9. The molecule has 0 spiro atoms. The minimum Gasteiger partial charge on any atom is -0.385 e. The van der Waals surface area contributed by atoms with E-state index in [1.807, 2.05) is 0 Å². The van der Waals surface area contributed by atoms with E-state index in [0.29, 0.717) is 0 Å². The fraction of sp³-hybridized carbons (Fsp3) is 0.571. The third-order valence-corrected chi connectivity index (χ3v) is 5.82. The molecule has 0 bridgehead atoms. The highest BCUT2D eigenvalue weighted by Crippen LogP contribution is 2.23. The Morgan fingerprint density at radius 2 is 0.767 bits per heavy atom. The van der Waals surface area contributed by atoms with Gasteiger partial charge in [-0.15, -0.1) is 0 Å². The Bertz CT molecular complexity index is 586. The van der Waals surface area contributed by atoms with E-state index >= 15 is 0 Å². The van der Waals surface area contributed by atoms with Gasteiger partial charge in [0, 0.05) is 24.5 Å². The molecule has 0 amide bonds. The first-order valence-electron chi connectivity index (χ1n) is 12.5. The molecule has 2 aromatic carbocycles. The first-order chi connectivity index (χ1) is 14.8. The lowest BCUT2D eigenvalue weighted by Crippen LogP contribution is -2.01. The molecule has 0 aliphatic heterocycles. The zero-order chi connectivity index (χ0) is 21.3. The van der Waals surface area contributed by atoms with Crippen molar-refractivity contribution in [2.24, 2.45) is 0 Å². The second kappa shape index (κ2) is 15.8. The summed E-state index contributed by atoms with van der Waals surface area (Å²) < 4.78 is 0. The summed E-state index contributed by atoms with van der Waals surface area (Å²) in [5, 5.41) is 7.12. The van der Waals surface area contributed by atoms with Crippen LogP contribution in [0.4, 0.5) is 11.4 Å². The maximum Gasteiger partial charge on any atom is 0.0340 e. The van der Waals surface area contributed by atoms with Crippen molar-refractivity contribution in [3.8, 4) is 11.1 Å². The van der Waals surface area contributed by atoms with E-state index < -0.39 is 0 Å². The molecule has 2 rings (SSSR count). The molecule has 166 valence electrons. The Kier molecular flexibility index (Phi) is 12.8. The maximum absolute atomic E-state index is 3.56. The van der Waals surface area contributed by atoms with Gasteiger partial charge >= 0.3 is 0 Å². The van der Waals surface area contributed by atoms with Crippen molar-refractivity contribution in [3.05, 3.63) is 48.5 Å². The first-order valence-corrected chi connectivity index (χ1v) is 12.5. The summed E-state index contributed by atoms with van der Waals surface area (Å²) >= 11 is 0. The van der Waals surface area contributed by atoms with Crippen LogP contribution >= 0.6 is 0 Å². The van der Waals surface area contributed by atoms with Gasteiger partial charge in [-0.3, -0.25) is 0 Å². The SMILES string of the molecule is CCCCCCCCNc1ccc(-c2ccc(NCCCCCCCC)cc2)cc1. The van der Waals surface area contributed by atoms with Gasteiger partial charge in [0.15, 0.2) is 0 Å². The normalized spacial score (nSPS) is 10.9. The average Bonchev–Trinajstić information content (AvgIpc) is 2.79. The Balaban J connectivity index is 1.65. The van der Waals surface area contributed by atoms with Crippen LogP contribution in [0.3, 0.4) is 0 Å². The zero-order valence-electron chi connectivity index (χ0n) is 19.5. The van der Waals surface area contributed by atoms with Crippen LogP contribution in [0.25, 0.3) is 11.1 Å². The molecular weight excluding hydrogens is 364 g/mol. The van der Waals surface area contributed by atoms with Gasteiger partial charge in [0.2, 0.25) is 0 Å². The van der Waals surface area contributed by atoms with E-state index in [9.17, 15) is 0 Å². The molecule has 30 heavy (non-hydrogen) atoms. The van der Waals surface area contributed by atoms with Crippen LogP contribution in [0.15, 0.2) is 48.5 Å². The van der Waals surface area contributed by atoms with Crippen molar-refractivity contribution < 1.29 is 0 Å². The standard InChI is InChI=1S/C28H44N2/c1-3-5-7-9-11-13-23-29-27-19-15-25(16-20-27)26-17-21-28(22-18-26)30-24-14-12-10-8-6-4-2/h15-22,29-30H,3-14,23-24H2,1-2H3. The molecule has 0 aliphatic rings. The topological polar surface area (TPSA) is 24.1 Å². The van der Waals surface area contributed by atoms with E-state index in [1.165, 1.54) is 99.6 Å². The molecule has 0 fully saturated rings. The van der Waals surface area contributed by atoms with Crippen LogP contribution in [-0.2, 0) is 0 Å². The average molecular weight is 409 g/mol. The van der Waals surface area contributed by atoms with Gasteiger partial charge in [-0.05, 0) is 48.2 Å². The number of nitrogens with one attached hydrogen (secondary N) is 2. The number of anilines is 2. The van der Waals surface area contributed by atoms with E-state index in [0.717, 1.165) is 13.1 Å². The summed E-state index contributed by atoms with van der Waals surface area (Å²) in [4.78, 5) is 0. The quantitative estimate of drug-likeness (QED) is 0.255. The molecule has 2 N–H and O–H groups in total. The predicted octanol–water partition coefficient (Wildman–Crippen LogP) is 8.90. The molecule has 0 unspecified atom stereocenters. The Hall–Kier alpha value is -1.96. The van der Waals surface area contributed by atoms with Crippen molar-refractivity contribution in [3.63, 3.8) is 0 Å². The van der Waals surface area contributed by atoms with Crippen molar-refractivity contribution >= 4 is 11.4 Å². The zero-order valence-corrected chi connectivity index (χ0v) is 19.5. The monoisotopic (exact) mass is 408 g/mol. The summed E-state index contributed by atoms with van der Waals surface area (Å²) in [6.07, 6.45) is 16.1. The van der Waals surface area contributed by atoms with Gasteiger partial charge in [-0.1, -0.05) is 102 Å². The predicted molar refractivity (Wildman–Crippen MR) is 136 cm³/mol. The number of benzene rings is 2. The lowest BCUT2D eigenvalue weighted by Gasteiger charge is -2.09. The van der Waals surface area contributed by atoms with Gasteiger partial charge in [-0.2, -0.15) is 0 Å². The number of unbranched alkanes of at least 4 members (excludes halogenated alkanes) is 10. The molecule has 0 atom stereocenters. The van der Waals surface area contributed by atoms with Gasteiger partial charge in [-0.25, -0.2) is 0 Å². The Morgan fingerprint density at radius 3 is 1.13 bits per heavy atom. The lowest BCUT2D eigenvalue weighted by atomic mass is 10.0. The van der Waals surface area contributed by atoms with Crippen molar-refractivity contribution in [2.45, 2.75) is 90.9 Å². The van der Waals surface area contributed by atoms with Crippen molar-refractivity contribution in [2.75, 3.05) is 23.7 Å². The smallest absolute Gasteiger partial charge is 0.0340 e. The van der Waals surface area contributed by atoms with Gasteiger partial charge < -0.3 is 10.6 Å². The number of hydrogen-bond acceptors (Lipinski definition) is 2. The third kappa shape index (κ3) is 10.2. The summed E-state index contributed by atoms with van der Waals surface area (Å²) in [6, 6.07) is 17.7. The first kappa shape index (κ1) is 24.3. The largest absolute Gasteiger partial charge is 0.385 e. The highest BCUT2D eigenvalue weighted by molar-refractivity contribution is 5.68. The molecule has 0 radical (unpaired) electrons. The van der Waals surface area contributed by atoms with Crippen molar-refractivity contribution in [1.29, 1.82) is 0 Å². The number of rotatable bonds is 17. The number of hydrogen-bond donors (Lipinski definition) is 2. The Labute approximate surface area is 185 Å². The molecule has 2 aromatic rings. The van der Waals surface area contributed by atoms with Crippen LogP contribution in [0.2, 0.25) is 0 Å². The van der Waals surface area contributed by atoms with E-state index in [4.69, 9.17) is 0 Å². The second-order valence-corrected chi connectivity index (χ2v) is 8.54. The molecule has 2 heteroatoms. The Morgan fingerprint density at radius 1 is 0.433 bits per heavy atom. The highest BCUT2D eigenvalue weighted by Gasteiger charge is 2.00. The lowest BCUT2D eigenvalue weighted by molar-refractivity contribution is 0.617. The molecule has 0 aromatic heterocycles. The van der Waals surface area contributed by atoms with Crippen LogP contribution in [0.5, 0.6) is 0 Å². The molecule has 0 heterocycles. The van der Waals surface area contributed by atoms with Gasteiger partial charge in [0.25, 0.3) is 0 Å². The molecule has 0 saturated heterocycles. The van der Waals surface area contributed by atoms with Crippen LogP contribution in [0, 0.1) is 0 Å². The summed E-state index contributed by atoms with van der Waals surface area (Å²) in [5.41, 5.74) is 5.01. The van der Waals surface area contributed by atoms with E-state index in [2.05, 4.69) is 73.0 Å². The molecule has 0 aliphatic carbocycles. The second-order valence-electron chi connectivity index (χ2n) is 8.54. The minimum absolute atomic E-state index is 1.07. The summed E-state index contributed by atoms with van der Waals surface area (Å²) in [5.74, 6) is 0. The maximum atomic E-state index is 3.56. The molecule has 0 saturated carbocycles. The van der Waals surface area contributed by atoms with Crippen LogP contribution in [-0.4, -0.2) is 13.1 Å². The minimum atomic E-state index is 1.07. The van der Waals surface area contributed by atoms with E-state index in [-0.39, 0.29) is 0 Å². The van der Waals surface area contributed by atoms with Crippen LogP contribution < -0.4 is 10.6 Å². The fourth-order valence-corrected chi connectivity index (χ4v) is 3.84. The molecule has 2 nitrogen and oxygen atoms in total. The summed E-state index contributed by atoms with van der Waals surface area (Å²) in [6.45, 7) is 6.69. The van der Waals surface area contributed by atoms with Crippen LogP contribution in [0.1, 0.15) is 90.9 Å². The summed E-state index contributed by atoms with van der Waals surface area (Å²) in [7, 11) is 0. The fourth-order valence-electron chi connectivity index (χ4n) is 3.84. The van der Waals surface area contributed by atoms with Gasteiger partial charge in [0.05, 0.1) is 0 Å².